The Kier molecular flexibility index (Phi) is 7.76. The second-order valence-electron chi connectivity index (χ2n) is 8.03. The van der Waals surface area contributed by atoms with E-state index in [1.54, 1.807) is 26.4 Å². The van der Waals surface area contributed by atoms with Crippen molar-refractivity contribution in [1.82, 2.24) is 9.80 Å². The molecule has 0 amide bonds. The quantitative estimate of drug-likeness (QED) is 0.585. The van der Waals surface area contributed by atoms with Crippen LogP contribution >= 0.6 is 0 Å². The third-order valence-electron chi connectivity index (χ3n) is 6.25. The summed E-state index contributed by atoms with van der Waals surface area (Å²) in [6.07, 6.45) is 0. The van der Waals surface area contributed by atoms with Crippen LogP contribution in [0.5, 0.6) is 11.5 Å². The van der Waals surface area contributed by atoms with Gasteiger partial charge in [0.15, 0.2) is 17.3 Å². The van der Waals surface area contributed by atoms with Gasteiger partial charge in [-0.05, 0) is 23.8 Å². The third kappa shape index (κ3) is 4.96. The van der Waals surface area contributed by atoms with Crippen LogP contribution in [0.15, 0.2) is 48.5 Å². The molecule has 2 aromatic rings. The van der Waals surface area contributed by atoms with Crippen LogP contribution in [-0.2, 0) is 9.47 Å². The average Bonchev–Trinajstić information content (AvgIpc) is 2.88. The van der Waals surface area contributed by atoms with Gasteiger partial charge in [0.2, 0.25) is 0 Å². The first-order valence-electron chi connectivity index (χ1n) is 11.2. The summed E-state index contributed by atoms with van der Waals surface area (Å²) in [5.74, 6) is 1.25. The monoisotopic (exact) mass is 440 g/mol. The maximum absolute atomic E-state index is 14.1. The number of hydrogen-bond donors (Lipinski definition) is 0. The molecule has 32 heavy (non-hydrogen) atoms. The summed E-state index contributed by atoms with van der Waals surface area (Å²) in [6.45, 7) is 5.61. The number of hydrogen-bond acceptors (Lipinski definition) is 7. The zero-order valence-electron chi connectivity index (χ0n) is 18.9. The summed E-state index contributed by atoms with van der Waals surface area (Å²) >= 11 is 0. The first kappa shape index (κ1) is 22.7. The topological polar surface area (TPSA) is 60.5 Å². The summed E-state index contributed by atoms with van der Waals surface area (Å²) in [4.78, 5) is 18.8. The van der Waals surface area contributed by atoms with E-state index in [1.165, 1.54) is 0 Å². The molecule has 172 valence electrons. The van der Waals surface area contributed by atoms with Crippen molar-refractivity contribution < 1.29 is 23.7 Å². The molecule has 0 aliphatic carbocycles. The number of rotatable bonds is 8. The van der Waals surface area contributed by atoms with Crippen molar-refractivity contribution in [3.8, 4) is 11.5 Å². The van der Waals surface area contributed by atoms with Crippen molar-refractivity contribution in [1.29, 1.82) is 0 Å². The van der Waals surface area contributed by atoms with Gasteiger partial charge in [-0.3, -0.25) is 14.6 Å². The Morgan fingerprint density at radius 2 is 1.41 bits per heavy atom. The van der Waals surface area contributed by atoms with E-state index >= 15 is 0 Å². The predicted molar refractivity (Wildman–Crippen MR) is 122 cm³/mol. The molecule has 2 aliphatic rings. The molecular formula is C25H32N2O5. The molecule has 0 radical (unpaired) electrons. The molecule has 0 saturated carbocycles. The highest BCUT2D eigenvalue weighted by Crippen LogP contribution is 2.34. The molecule has 2 heterocycles. The molecule has 2 saturated heterocycles. The Labute approximate surface area is 189 Å². The lowest BCUT2D eigenvalue weighted by atomic mass is 9.89. The number of benzene rings is 2. The lowest BCUT2D eigenvalue weighted by Crippen LogP contribution is -2.55. The van der Waals surface area contributed by atoms with E-state index < -0.39 is 0 Å². The second kappa shape index (κ2) is 10.9. The van der Waals surface area contributed by atoms with Gasteiger partial charge in [-0.25, -0.2) is 0 Å². The fraction of sp³-hybridized carbons (Fsp3) is 0.480. The van der Waals surface area contributed by atoms with Crippen molar-refractivity contribution in [3.63, 3.8) is 0 Å². The van der Waals surface area contributed by atoms with E-state index in [2.05, 4.69) is 21.9 Å². The van der Waals surface area contributed by atoms with Gasteiger partial charge in [0, 0.05) is 31.7 Å². The van der Waals surface area contributed by atoms with Crippen molar-refractivity contribution in [2.45, 2.75) is 12.1 Å². The van der Waals surface area contributed by atoms with Crippen molar-refractivity contribution in [2.75, 3.05) is 66.8 Å². The lowest BCUT2D eigenvalue weighted by Gasteiger charge is -2.44. The molecule has 7 nitrogen and oxygen atoms in total. The number of Topliss-reactive ketones (excluding diaryl/α,β-unsaturated/α-hetero) is 1. The van der Waals surface area contributed by atoms with Crippen LogP contribution in [0.3, 0.4) is 0 Å². The van der Waals surface area contributed by atoms with Gasteiger partial charge in [-0.2, -0.15) is 0 Å². The Balaban J connectivity index is 1.76. The van der Waals surface area contributed by atoms with E-state index in [9.17, 15) is 4.79 Å². The van der Waals surface area contributed by atoms with Crippen LogP contribution in [0.1, 0.15) is 22.0 Å². The second-order valence-corrected chi connectivity index (χ2v) is 8.03. The largest absolute Gasteiger partial charge is 0.493 e. The highest BCUT2D eigenvalue weighted by Gasteiger charge is 2.39. The van der Waals surface area contributed by atoms with E-state index in [0.717, 1.165) is 31.7 Å². The molecule has 2 unspecified atom stereocenters. The number of ether oxygens (including phenoxy) is 4. The molecular weight excluding hydrogens is 408 g/mol. The van der Waals surface area contributed by atoms with Crippen LogP contribution in [-0.4, -0.2) is 88.5 Å². The Hall–Kier alpha value is -2.45. The molecule has 0 N–H and O–H groups in total. The van der Waals surface area contributed by atoms with E-state index in [0.29, 0.717) is 43.5 Å². The molecule has 2 aliphatic heterocycles. The SMILES string of the molecule is COc1ccc(C(=O)C(C(c2ccccc2)N2CCOCC2)N2CCOCC2)cc1OC. The van der Waals surface area contributed by atoms with Gasteiger partial charge in [0.05, 0.1) is 52.7 Å². The Bertz CT molecular complexity index is 879. The van der Waals surface area contributed by atoms with Crippen LogP contribution in [0.25, 0.3) is 0 Å². The zero-order valence-corrected chi connectivity index (χ0v) is 18.9. The maximum atomic E-state index is 14.1. The normalized spacial score (nSPS) is 19.8. The molecule has 0 bridgehead atoms. The van der Waals surface area contributed by atoms with Gasteiger partial charge >= 0.3 is 0 Å². The number of methoxy groups -OCH3 is 2. The molecule has 7 heteroatoms. The summed E-state index contributed by atoms with van der Waals surface area (Å²) in [5, 5.41) is 0. The van der Waals surface area contributed by atoms with Crippen LogP contribution in [0.4, 0.5) is 0 Å². The minimum atomic E-state index is -0.350. The van der Waals surface area contributed by atoms with Crippen molar-refractivity contribution in [2.24, 2.45) is 0 Å². The smallest absolute Gasteiger partial charge is 0.182 e. The Morgan fingerprint density at radius 1 is 0.812 bits per heavy atom. The maximum Gasteiger partial charge on any atom is 0.182 e. The molecule has 0 aromatic heterocycles. The average molecular weight is 441 g/mol. The van der Waals surface area contributed by atoms with Crippen LogP contribution in [0, 0.1) is 0 Å². The minimum absolute atomic E-state index is 0.0770. The predicted octanol–water partition coefficient (Wildman–Crippen LogP) is 2.66. The standard InChI is InChI=1S/C25H32N2O5/c1-29-21-9-8-20(18-22(21)30-2)25(28)24(27-12-16-32-17-13-27)23(19-6-4-3-5-7-19)26-10-14-31-15-11-26/h3-9,18,23-24H,10-17H2,1-2H3. The number of morpholine rings is 2. The molecule has 2 atom stereocenters. The number of carbonyl (C=O) groups excluding carboxylic acids is 1. The van der Waals surface area contributed by atoms with E-state index in [1.807, 2.05) is 24.3 Å². The fourth-order valence-corrected chi connectivity index (χ4v) is 4.62. The van der Waals surface area contributed by atoms with E-state index in [4.69, 9.17) is 18.9 Å². The van der Waals surface area contributed by atoms with Gasteiger partial charge in [-0.15, -0.1) is 0 Å². The number of ketones is 1. The fourth-order valence-electron chi connectivity index (χ4n) is 4.62. The third-order valence-corrected chi connectivity index (χ3v) is 6.25. The van der Waals surface area contributed by atoms with Gasteiger partial charge < -0.3 is 18.9 Å². The highest BCUT2D eigenvalue weighted by atomic mass is 16.5. The zero-order chi connectivity index (χ0) is 22.3. The van der Waals surface area contributed by atoms with Gasteiger partial charge in [-0.1, -0.05) is 30.3 Å². The van der Waals surface area contributed by atoms with Crippen molar-refractivity contribution >= 4 is 5.78 Å². The first-order valence-corrected chi connectivity index (χ1v) is 11.2. The summed E-state index contributed by atoms with van der Waals surface area (Å²) in [5.41, 5.74) is 1.76. The van der Waals surface area contributed by atoms with Gasteiger partial charge in [0.25, 0.3) is 0 Å². The first-order chi connectivity index (χ1) is 15.7. The van der Waals surface area contributed by atoms with Crippen LogP contribution < -0.4 is 9.47 Å². The summed E-state index contributed by atoms with van der Waals surface area (Å²) in [6, 6.07) is 15.3. The molecule has 0 spiro atoms. The summed E-state index contributed by atoms with van der Waals surface area (Å²) in [7, 11) is 3.19. The van der Waals surface area contributed by atoms with E-state index in [-0.39, 0.29) is 17.9 Å². The summed E-state index contributed by atoms with van der Waals surface area (Å²) < 4.78 is 22.1. The van der Waals surface area contributed by atoms with Crippen LogP contribution in [0.2, 0.25) is 0 Å². The number of nitrogens with zero attached hydrogens (tertiary/aromatic N) is 2. The highest BCUT2D eigenvalue weighted by molar-refractivity contribution is 6.01. The lowest BCUT2D eigenvalue weighted by molar-refractivity contribution is -0.0301. The number of carbonyl (C=O) groups is 1. The van der Waals surface area contributed by atoms with Gasteiger partial charge in [0.1, 0.15) is 0 Å². The molecule has 2 aromatic carbocycles. The van der Waals surface area contributed by atoms with Crippen molar-refractivity contribution in [3.05, 3.63) is 59.7 Å². The molecule has 2 fully saturated rings. The molecule has 4 rings (SSSR count). The Morgan fingerprint density at radius 3 is 2.00 bits per heavy atom. The minimum Gasteiger partial charge on any atom is -0.493 e.